The third kappa shape index (κ3) is 5.01. The van der Waals surface area contributed by atoms with Crippen LogP contribution in [0.15, 0.2) is 47.3 Å². The molecule has 190 valence electrons. The quantitative estimate of drug-likeness (QED) is 0.576. The van der Waals surface area contributed by atoms with Gasteiger partial charge in [-0.05, 0) is 39.2 Å². The van der Waals surface area contributed by atoms with Crippen molar-refractivity contribution in [2.24, 2.45) is 5.41 Å². The van der Waals surface area contributed by atoms with Gasteiger partial charge in [-0.25, -0.2) is 14.2 Å². The Morgan fingerprint density at radius 2 is 1.83 bits per heavy atom. The zero-order valence-corrected chi connectivity index (χ0v) is 20.8. The van der Waals surface area contributed by atoms with Gasteiger partial charge in [-0.1, -0.05) is 30.3 Å². The molecule has 9 heteroatoms. The molecule has 2 aliphatic rings. The summed E-state index contributed by atoms with van der Waals surface area (Å²) in [6.07, 6.45) is 1.43. The Labute approximate surface area is 209 Å². The van der Waals surface area contributed by atoms with Gasteiger partial charge in [0.25, 0.3) is 5.56 Å². The first-order chi connectivity index (χ1) is 17.1. The molecule has 8 nitrogen and oxygen atoms in total. The zero-order chi connectivity index (χ0) is 25.5. The van der Waals surface area contributed by atoms with Crippen LogP contribution < -0.4 is 15.2 Å². The van der Waals surface area contributed by atoms with Gasteiger partial charge in [0.15, 0.2) is 0 Å². The van der Waals surface area contributed by atoms with Gasteiger partial charge < -0.3 is 19.3 Å². The highest BCUT2D eigenvalue weighted by Gasteiger charge is 2.46. The van der Waals surface area contributed by atoms with E-state index in [-0.39, 0.29) is 29.0 Å². The number of carbonyl (C=O) groups is 1. The number of hydrogen-bond donors (Lipinski definition) is 1. The number of likely N-dealkylation sites (tertiary alicyclic amines) is 1. The molecule has 2 aromatic carbocycles. The third-order valence-electron chi connectivity index (χ3n) is 6.80. The predicted octanol–water partition coefficient (Wildman–Crippen LogP) is 4.48. The number of aromatic amines is 1. The molecule has 0 aliphatic carbocycles. The van der Waals surface area contributed by atoms with E-state index in [1.165, 1.54) is 6.07 Å². The Balaban J connectivity index is 1.26. The Hall–Kier alpha value is -3.62. The summed E-state index contributed by atoms with van der Waals surface area (Å²) in [6.45, 7) is 8.59. The minimum absolute atomic E-state index is 0.0674. The van der Waals surface area contributed by atoms with Crippen LogP contribution in [0, 0.1) is 11.2 Å². The van der Waals surface area contributed by atoms with Gasteiger partial charge in [-0.3, -0.25) is 9.78 Å². The molecule has 1 amide bonds. The second kappa shape index (κ2) is 9.11. The fourth-order valence-electron chi connectivity index (χ4n) is 4.88. The van der Waals surface area contributed by atoms with Crippen molar-refractivity contribution in [1.82, 2.24) is 14.9 Å². The van der Waals surface area contributed by atoms with E-state index < -0.39 is 17.0 Å². The van der Waals surface area contributed by atoms with Crippen LogP contribution >= 0.6 is 0 Å². The van der Waals surface area contributed by atoms with E-state index in [4.69, 9.17) is 9.47 Å². The Bertz CT molecular complexity index is 1320. The van der Waals surface area contributed by atoms with Crippen molar-refractivity contribution in [3.8, 4) is 5.75 Å². The van der Waals surface area contributed by atoms with E-state index >= 15 is 0 Å². The summed E-state index contributed by atoms with van der Waals surface area (Å²) in [6, 6.07) is 12.4. The number of piperidine rings is 1. The maximum atomic E-state index is 14.8. The topological polar surface area (TPSA) is 87.8 Å². The summed E-state index contributed by atoms with van der Waals surface area (Å²) in [7, 11) is 0. The van der Waals surface area contributed by atoms with Gasteiger partial charge in [-0.2, -0.15) is 0 Å². The lowest BCUT2D eigenvalue weighted by atomic mass is 9.72. The zero-order valence-electron chi connectivity index (χ0n) is 20.8. The van der Waals surface area contributed by atoms with E-state index in [1.54, 1.807) is 11.0 Å². The highest BCUT2D eigenvalue weighted by Crippen LogP contribution is 2.42. The van der Waals surface area contributed by atoms with Crippen molar-refractivity contribution in [3.63, 3.8) is 0 Å². The molecule has 2 aliphatic heterocycles. The summed E-state index contributed by atoms with van der Waals surface area (Å²) in [5.41, 5.74) is 0.262. The monoisotopic (exact) mass is 494 g/mol. The Kier molecular flexibility index (Phi) is 6.10. The number of fused-ring (bicyclic) bond motifs is 1. The number of benzene rings is 2. The van der Waals surface area contributed by atoms with Gasteiger partial charge in [0.2, 0.25) is 5.95 Å². The van der Waals surface area contributed by atoms with Gasteiger partial charge in [-0.15, -0.1) is 0 Å². The molecule has 0 saturated carbocycles. The summed E-state index contributed by atoms with van der Waals surface area (Å²) in [5.74, 6) is 0.0836. The smallest absolute Gasteiger partial charge is 0.410 e. The number of aromatic nitrogens is 2. The van der Waals surface area contributed by atoms with Crippen LogP contribution in [0.4, 0.5) is 15.1 Å². The molecule has 1 N–H and O–H groups in total. The number of H-pyrrole nitrogens is 1. The summed E-state index contributed by atoms with van der Waals surface area (Å²) in [4.78, 5) is 36.1. The standard InChI is InChI=1S/C27H31FN4O4/c1-26(2,3)36-25(34)31-11-9-27(10-12-31)16-32(17-27)24-29-21-14-19(13-20(28)22(21)23(33)30-24)35-15-18-7-5-4-6-8-18/h4-8,13-14H,9-12,15-17H2,1-3H3,(H,29,30,33). The maximum absolute atomic E-state index is 14.8. The lowest BCUT2D eigenvalue weighted by Gasteiger charge is -2.54. The van der Waals surface area contributed by atoms with Crippen LogP contribution in [0.2, 0.25) is 0 Å². The van der Waals surface area contributed by atoms with Gasteiger partial charge in [0.05, 0.1) is 5.52 Å². The summed E-state index contributed by atoms with van der Waals surface area (Å²) < 4.78 is 26.0. The molecule has 3 heterocycles. The van der Waals surface area contributed by atoms with Gasteiger partial charge in [0.1, 0.15) is 29.2 Å². The predicted molar refractivity (Wildman–Crippen MR) is 135 cm³/mol. The molecule has 36 heavy (non-hydrogen) atoms. The van der Waals surface area contributed by atoms with E-state index in [2.05, 4.69) is 9.97 Å². The molecule has 0 radical (unpaired) electrons. The molecule has 0 bridgehead atoms. The SMILES string of the molecule is CC(C)(C)OC(=O)N1CCC2(CC1)CN(c1nc3cc(OCc4ccccc4)cc(F)c3c(=O)[nH]1)C2. The second-order valence-corrected chi connectivity index (χ2v) is 10.8. The van der Waals surface area contributed by atoms with Crippen LogP contribution in [0.1, 0.15) is 39.2 Å². The minimum Gasteiger partial charge on any atom is -0.489 e. The number of nitrogens with zero attached hydrogens (tertiary/aromatic N) is 3. The number of carbonyl (C=O) groups excluding carboxylic acids is 1. The van der Waals surface area contributed by atoms with Crippen molar-refractivity contribution < 1.29 is 18.7 Å². The first-order valence-electron chi connectivity index (χ1n) is 12.2. The molecule has 0 unspecified atom stereocenters. The number of halogens is 1. The third-order valence-corrected chi connectivity index (χ3v) is 6.80. The molecule has 1 aromatic heterocycles. The number of hydrogen-bond acceptors (Lipinski definition) is 6. The van der Waals surface area contributed by atoms with Gasteiger partial charge >= 0.3 is 6.09 Å². The number of anilines is 1. The number of amides is 1. The molecular formula is C27H31FN4O4. The number of nitrogens with one attached hydrogen (secondary N) is 1. The first kappa shape index (κ1) is 24.1. The van der Waals surface area contributed by atoms with Crippen LogP contribution in [0.3, 0.4) is 0 Å². The van der Waals surface area contributed by atoms with E-state index in [1.807, 2.05) is 56.0 Å². The van der Waals surface area contributed by atoms with Crippen molar-refractivity contribution in [3.05, 3.63) is 64.2 Å². The molecule has 3 aromatic rings. The van der Waals surface area contributed by atoms with Crippen LogP contribution in [0.5, 0.6) is 5.75 Å². The van der Waals surface area contributed by atoms with Crippen molar-refractivity contribution in [2.75, 3.05) is 31.1 Å². The summed E-state index contributed by atoms with van der Waals surface area (Å²) >= 11 is 0. The highest BCUT2D eigenvalue weighted by molar-refractivity contribution is 5.81. The van der Waals surface area contributed by atoms with E-state index in [0.717, 1.165) is 31.5 Å². The average molecular weight is 495 g/mol. The van der Waals surface area contributed by atoms with E-state index in [0.29, 0.717) is 24.8 Å². The van der Waals surface area contributed by atoms with E-state index in [9.17, 15) is 14.0 Å². The highest BCUT2D eigenvalue weighted by atomic mass is 19.1. The molecule has 2 fully saturated rings. The summed E-state index contributed by atoms with van der Waals surface area (Å²) in [5, 5.41) is -0.0771. The van der Waals surface area contributed by atoms with Crippen molar-refractivity contribution in [1.29, 1.82) is 0 Å². The Morgan fingerprint density at radius 3 is 2.50 bits per heavy atom. The first-order valence-corrected chi connectivity index (χ1v) is 12.2. The molecular weight excluding hydrogens is 463 g/mol. The second-order valence-electron chi connectivity index (χ2n) is 10.8. The lowest BCUT2D eigenvalue weighted by molar-refractivity contribution is 0.00580. The van der Waals surface area contributed by atoms with Gasteiger partial charge in [0, 0.05) is 43.7 Å². The maximum Gasteiger partial charge on any atom is 0.410 e. The van der Waals surface area contributed by atoms with Crippen LogP contribution in [-0.4, -0.2) is 52.7 Å². The number of ether oxygens (including phenoxy) is 2. The number of rotatable bonds is 4. The van der Waals surface area contributed by atoms with Crippen LogP contribution in [-0.2, 0) is 11.3 Å². The molecule has 0 atom stereocenters. The lowest BCUT2D eigenvalue weighted by Crippen LogP contribution is -2.61. The van der Waals surface area contributed by atoms with Crippen LogP contribution in [0.25, 0.3) is 10.9 Å². The molecule has 5 rings (SSSR count). The normalized spacial score (nSPS) is 17.2. The fraction of sp³-hybridized carbons (Fsp3) is 0.444. The van der Waals surface area contributed by atoms with Crippen molar-refractivity contribution >= 4 is 22.9 Å². The van der Waals surface area contributed by atoms with Crippen molar-refractivity contribution in [2.45, 2.75) is 45.8 Å². The molecule has 2 saturated heterocycles. The minimum atomic E-state index is -0.662. The largest absolute Gasteiger partial charge is 0.489 e. The molecule has 1 spiro atoms. The average Bonchev–Trinajstić information content (AvgIpc) is 2.80. The Morgan fingerprint density at radius 1 is 1.14 bits per heavy atom. The fourth-order valence-corrected chi connectivity index (χ4v) is 4.88.